The molecule has 5 aliphatic carbocycles. The van der Waals surface area contributed by atoms with E-state index < -0.39 is 5.60 Å². The van der Waals surface area contributed by atoms with Gasteiger partial charge in [-0.05, 0) is 92.3 Å². The maximum absolute atomic E-state index is 11.5. The average molecular weight is 440 g/mol. The number of ether oxygens (including phenoxy) is 1. The number of hydrogen-bond donors (Lipinski definition) is 1. The van der Waals surface area contributed by atoms with Crippen LogP contribution in [-0.2, 0) is 9.53 Å². The summed E-state index contributed by atoms with van der Waals surface area (Å²) in [4.78, 5) is 11.5. The van der Waals surface area contributed by atoms with E-state index in [1.54, 1.807) is 6.92 Å². The van der Waals surface area contributed by atoms with Gasteiger partial charge in [0.15, 0.2) is 5.60 Å². The van der Waals surface area contributed by atoms with Crippen LogP contribution in [0.5, 0.6) is 0 Å². The van der Waals surface area contributed by atoms with Crippen LogP contribution in [0.3, 0.4) is 0 Å². The Kier molecular flexibility index (Phi) is 5.32. The molecule has 0 saturated heterocycles. The average Bonchev–Trinajstić information content (AvgIpc) is 3.49. The highest BCUT2D eigenvalue weighted by atomic mass is 16.5. The highest BCUT2D eigenvalue weighted by molar-refractivity contribution is 5.66. The molecule has 0 bridgehead atoms. The zero-order valence-corrected chi connectivity index (χ0v) is 20.4. The van der Waals surface area contributed by atoms with E-state index in [-0.39, 0.29) is 28.8 Å². The van der Waals surface area contributed by atoms with Crippen molar-refractivity contribution in [2.24, 2.45) is 46.3 Å². The van der Waals surface area contributed by atoms with Crippen molar-refractivity contribution in [3.63, 3.8) is 0 Å². The van der Waals surface area contributed by atoms with Crippen LogP contribution in [-0.4, -0.2) is 22.8 Å². The summed E-state index contributed by atoms with van der Waals surface area (Å²) in [5.41, 5.74) is 0.550. The Balaban J connectivity index is 1.46. The van der Waals surface area contributed by atoms with Gasteiger partial charge in [0.05, 0.1) is 6.07 Å². The van der Waals surface area contributed by atoms with Gasteiger partial charge in [0.2, 0.25) is 0 Å². The van der Waals surface area contributed by atoms with Crippen molar-refractivity contribution in [1.29, 1.82) is 5.26 Å². The molecule has 0 aromatic carbocycles. The van der Waals surface area contributed by atoms with Crippen LogP contribution in [0, 0.1) is 57.7 Å². The van der Waals surface area contributed by atoms with Gasteiger partial charge in [0.25, 0.3) is 0 Å². The first-order valence-corrected chi connectivity index (χ1v) is 13.1. The molecule has 4 nitrogen and oxygen atoms in total. The monoisotopic (exact) mass is 439 g/mol. The molecule has 0 aliphatic heterocycles. The van der Waals surface area contributed by atoms with Gasteiger partial charge in [-0.15, -0.1) is 0 Å². The summed E-state index contributed by atoms with van der Waals surface area (Å²) >= 11 is 0. The van der Waals surface area contributed by atoms with Crippen LogP contribution in [0.2, 0.25) is 0 Å². The van der Waals surface area contributed by atoms with E-state index in [1.165, 1.54) is 38.2 Å². The van der Waals surface area contributed by atoms with E-state index >= 15 is 0 Å². The van der Waals surface area contributed by atoms with Crippen LogP contribution in [0.15, 0.2) is 11.6 Å². The second-order valence-electron chi connectivity index (χ2n) is 12.7. The highest BCUT2D eigenvalue weighted by Gasteiger charge is 2.64. The highest BCUT2D eigenvalue weighted by Crippen LogP contribution is 2.70. The number of nitriles is 1. The Morgan fingerprint density at radius 1 is 1.28 bits per heavy atom. The summed E-state index contributed by atoms with van der Waals surface area (Å²) in [5, 5.41) is 20.9. The first kappa shape index (κ1) is 22.5. The van der Waals surface area contributed by atoms with Crippen molar-refractivity contribution in [2.75, 3.05) is 0 Å². The number of nitrogens with zero attached hydrogens (tertiary/aromatic N) is 1. The Bertz CT molecular complexity index is 851. The van der Waals surface area contributed by atoms with Crippen LogP contribution < -0.4 is 0 Å². The summed E-state index contributed by atoms with van der Waals surface area (Å²) in [6.07, 6.45) is 14.0. The molecule has 0 radical (unpaired) electrons. The molecule has 0 heterocycles. The molecular formula is C28H41NO3. The molecule has 32 heavy (non-hydrogen) atoms. The molecule has 0 amide bonds. The van der Waals surface area contributed by atoms with E-state index in [4.69, 9.17) is 4.74 Å². The Labute approximate surface area is 193 Å². The molecule has 4 fully saturated rings. The minimum Gasteiger partial charge on any atom is -0.462 e. The lowest BCUT2D eigenvalue weighted by Gasteiger charge is -2.59. The number of hydrogen-bond acceptors (Lipinski definition) is 4. The number of carbonyl (C=O) groups is 1. The second kappa shape index (κ2) is 7.59. The van der Waals surface area contributed by atoms with Crippen LogP contribution in [0.25, 0.3) is 0 Å². The molecule has 176 valence electrons. The lowest BCUT2D eigenvalue weighted by atomic mass is 9.46. The quantitative estimate of drug-likeness (QED) is 0.341. The maximum atomic E-state index is 11.5. The third-order valence-electron chi connectivity index (χ3n) is 10.8. The molecule has 4 heteroatoms. The van der Waals surface area contributed by atoms with Crippen molar-refractivity contribution in [1.82, 2.24) is 0 Å². The molecule has 0 aromatic heterocycles. The fourth-order valence-electron chi connectivity index (χ4n) is 9.23. The summed E-state index contributed by atoms with van der Waals surface area (Å²) < 4.78 is 5.60. The van der Waals surface area contributed by atoms with Crippen molar-refractivity contribution >= 4 is 5.97 Å². The Hall–Kier alpha value is -1.34. The molecule has 5 aliphatic rings. The minimum atomic E-state index is -1.24. The standard InChI is InChI=1S/C28H41NO3/c1-17(30)32-21-9-11-26(2)20(15-21)7-8-22-23(26)10-12-27(3)24(28(4,31)16-29)14-19(25(22)27)13-18-5-6-18/h7,18-19,21-25,31H,5-6,8-15H2,1-4H3/t19?,21-,22?,23?,24-,25?,26-,27+,28?/m0/s1. The normalized spacial score (nSPS) is 47.2. The van der Waals surface area contributed by atoms with Gasteiger partial charge < -0.3 is 9.84 Å². The van der Waals surface area contributed by atoms with E-state index in [2.05, 4.69) is 26.0 Å². The first-order chi connectivity index (χ1) is 15.1. The molecule has 5 unspecified atom stereocenters. The Morgan fingerprint density at radius 3 is 2.69 bits per heavy atom. The third-order valence-corrected chi connectivity index (χ3v) is 10.8. The van der Waals surface area contributed by atoms with Crippen molar-refractivity contribution < 1.29 is 14.6 Å². The maximum Gasteiger partial charge on any atom is 0.302 e. The van der Waals surface area contributed by atoms with Crippen molar-refractivity contribution in [2.45, 2.75) is 104 Å². The van der Waals surface area contributed by atoms with Gasteiger partial charge in [-0.3, -0.25) is 4.79 Å². The lowest BCUT2D eigenvalue weighted by molar-refractivity contribution is -0.149. The van der Waals surface area contributed by atoms with Gasteiger partial charge in [0.1, 0.15) is 6.10 Å². The topological polar surface area (TPSA) is 70.3 Å². The van der Waals surface area contributed by atoms with E-state index in [0.29, 0.717) is 23.7 Å². The number of fused-ring (bicyclic) bond motifs is 5. The van der Waals surface area contributed by atoms with Crippen molar-refractivity contribution in [3.05, 3.63) is 11.6 Å². The molecule has 0 aromatic rings. The van der Waals surface area contributed by atoms with E-state index in [1.807, 2.05) is 0 Å². The number of esters is 1. The van der Waals surface area contributed by atoms with Crippen LogP contribution in [0.1, 0.15) is 91.9 Å². The van der Waals surface area contributed by atoms with E-state index in [9.17, 15) is 15.2 Å². The van der Waals surface area contributed by atoms with E-state index in [0.717, 1.165) is 44.4 Å². The molecule has 1 N–H and O–H groups in total. The van der Waals surface area contributed by atoms with Gasteiger partial charge in [0, 0.05) is 19.3 Å². The number of aliphatic hydroxyl groups is 1. The number of rotatable bonds is 4. The summed E-state index contributed by atoms with van der Waals surface area (Å²) in [6, 6.07) is 2.28. The molecule has 9 atom stereocenters. The van der Waals surface area contributed by atoms with Gasteiger partial charge >= 0.3 is 5.97 Å². The molecule has 5 rings (SSSR count). The zero-order chi connectivity index (χ0) is 22.9. The number of carbonyl (C=O) groups excluding carboxylic acids is 1. The first-order valence-electron chi connectivity index (χ1n) is 13.1. The third kappa shape index (κ3) is 3.46. The summed E-state index contributed by atoms with van der Waals surface area (Å²) in [5.74, 6) is 3.36. The van der Waals surface area contributed by atoms with Crippen LogP contribution in [0.4, 0.5) is 0 Å². The number of allylic oxidation sites excluding steroid dienone is 1. The molecular weight excluding hydrogens is 398 g/mol. The largest absolute Gasteiger partial charge is 0.462 e. The summed E-state index contributed by atoms with van der Waals surface area (Å²) in [6.45, 7) is 8.18. The lowest BCUT2D eigenvalue weighted by Crippen LogP contribution is -2.53. The fraction of sp³-hybridized carbons (Fsp3) is 0.857. The van der Waals surface area contributed by atoms with Gasteiger partial charge in [-0.1, -0.05) is 38.3 Å². The Morgan fingerprint density at radius 2 is 2.03 bits per heavy atom. The minimum absolute atomic E-state index is 0.0430. The zero-order valence-electron chi connectivity index (χ0n) is 20.4. The molecule has 0 spiro atoms. The molecule has 4 saturated carbocycles. The predicted molar refractivity (Wildman–Crippen MR) is 123 cm³/mol. The predicted octanol–water partition coefficient (Wildman–Crippen LogP) is 5.80. The summed E-state index contributed by atoms with van der Waals surface area (Å²) in [7, 11) is 0. The van der Waals surface area contributed by atoms with Crippen molar-refractivity contribution in [3.8, 4) is 6.07 Å². The smallest absolute Gasteiger partial charge is 0.302 e. The van der Waals surface area contributed by atoms with Gasteiger partial charge in [-0.25, -0.2) is 0 Å². The van der Waals surface area contributed by atoms with Gasteiger partial charge in [-0.2, -0.15) is 5.26 Å². The fourth-order valence-corrected chi connectivity index (χ4v) is 9.23. The second-order valence-corrected chi connectivity index (χ2v) is 12.7. The van der Waals surface area contributed by atoms with Crippen LogP contribution >= 0.6 is 0 Å². The SMILES string of the molecule is CC(=O)O[C@H]1CC[C@@]2(C)C(=CCC3C2CC[C@@]2(C)C3C(CC3CC3)C[C@@H]2C(C)(O)C#N)C1.